The fraction of sp³-hybridized carbons (Fsp3) is 0.462. The second kappa shape index (κ2) is 3.08. The monoisotopic (exact) mass is 217 g/mol. The standard InChI is InChI=1S/C13H15NO2/c1-14-11(15)6-5-9-3-2-4-10(12(9)14)13(16)7-8-13/h2-4,16H,5-8H2,1H3. The molecule has 1 N–H and O–H groups in total. The third-order valence-corrected chi connectivity index (χ3v) is 3.66. The van der Waals surface area contributed by atoms with Crippen molar-refractivity contribution < 1.29 is 9.90 Å². The predicted molar refractivity (Wildman–Crippen MR) is 61.3 cm³/mol. The maximum Gasteiger partial charge on any atom is 0.227 e. The van der Waals surface area contributed by atoms with Crippen LogP contribution in [0.3, 0.4) is 0 Å². The predicted octanol–water partition coefficient (Wildman–Crippen LogP) is 1.58. The maximum absolute atomic E-state index is 11.7. The highest BCUT2D eigenvalue weighted by Crippen LogP contribution is 2.50. The topological polar surface area (TPSA) is 40.5 Å². The van der Waals surface area contributed by atoms with Crippen LogP contribution in [-0.2, 0) is 16.8 Å². The van der Waals surface area contributed by atoms with E-state index in [4.69, 9.17) is 0 Å². The Labute approximate surface area is 94.7 Å². The second-order valence-corrected chi connectivity index (χ2v) is 4.80. The van der Waals surface area contributed by atoms with Gasteiger partial charge in [-0.25, -0.2) is 0 Å². The second-order valence-electron chi connectivity index (χ2n) is 4.80. The van der Waals surface area contributed by atoms with E-state index in [1.54, 1.807) is 11.9 Å². The summed E-state index contributed by atoms with van der Waals surface area (Å²) in [5, 5.41) is 10.2. The number of nitrogens with zero attached hydrogens (tertiary/aromatic N) is 1. The van der Waals surface area contributed by atoms with E-state index in [-0.39, 0.29) is 5.91 Å². The Kier molecular flexibility index (Phi) is 1.89. The normalized spacial score (nSPS) is 21.9. The Morgan fingerprint density at radius 3 is 2.75 bits per heavy atom. The molecule has 0 radical (unpaired) electrons. The Morgan fingerprint density at radius 1 is 1.31 bits per heavy atom. The van der Waals surface area contributed by atoms with Gasteiger partial charge in [0.1, 0.15) is 0 Å². The van der Waals surface area contributed by atoms with Crippen LogP contribution >= 0.6 is 0 Å². The van der Waals surface area contributed by atoms with Crippen molar-refractivity contribution in [1.82, 2.24) is 0 Å². The number of fused-ring (bicyclic) bond motifs is 1. The van der Waals surface area contributed by atoms with E-state index < -0.39 is 5.60 Å². The van der Waals surface area contributed by atoms with Gasteiger partial charge in [0.25, 0.3) is 0 Å². The fourth-order valence-electron chi connectivity index (χ4n) is 2.49. The largest absolute Gasteiger partial charge is 0.385 e. The summed E-state index contributed by atoms with van der Waals surface area (Å²) in [4.78, 5) is 13.4. The SMILES string of the molecule is CN1C(=O)CCc2cccc(C3(O)CC3)c21. The summed E-state index contributed by atoms with van der Waals surface area (Å²) >= 11 is 0. The van der Waals surface area contributed by atoms with Gasteiger partial charge in [-0.3, -0.25) is 4.79 Å². The highest BCUT2D eigenvalue weighted by atomic mass is 16.3. The molecule has 1 amide bonds. The first-order valence-electron chi connectivity index (χ1n) is 5.73. The van der Waals surface area contributed by atoms with Gasteiger partial charge in [0, 0.05) is 19.0 Å². The number of para-hydroxylation sites is 1. The lowest BCUT2D eigenvalue weighted by atomic mass is 9.94. The summed E-state index contributed by atoms with van der Waals surface area (Å²) in [7, 11) is 1.80. The number of benzene rings is 1. The molecule has 0 atom stereocenters. The summed E-state index contributed by atoms with van der Waals surface area (Å²) in [6.45, 7) is 0. The number of carbonyl (C=O) groups excluding carboxylic acids is 1. The summed E-state index contributed by atoms with van der Waals surface area (Å²) in [6, 6.07) is 5.97. The summed E-state index contributed by atoms with van der Waals surface area (Å²) in [5.74, 6) is 0.143. The zero-order valence-corrected chi connectivity index (χ0v) is 9.36. The van der Waals surface area contributed by atoms with Crippen molar-refractivity contribution >= 4 is 11.6 Å². The Balaban J connectivity index is 2.17. The quantitative estimate of drug-likeness (QED) is 0.775. The molecule has 84 valence electrons. The number of anilines is 1. The van der Waals surface area contributed by atoms with Crippen LogP contribution in [0.25, 0.3) is 0 Å². The molecule has 1 aliphatic heterocycles. The Morgan fingerprint density at radius 2 is 2.06 bits per heavy atom. The van der Waals surface area contributed by atoms with Crippen LogP contribution < -0.4 is 4.90 Å². The molecule has 0 spiro atoms. The van der Waals surface area contributed by atoms with Crippen molar-refractivity contribution in [2.24, 2.45) is 0 Å². The van der Waals surface area contributed by atoms with Crippen LogP contribution in [-0.4, -0.2) is 18.1 Å². The Bertz CT molecular complexity index is 463. The summed E-state index contributed by atoms with van der Waals surface area (Å²) < 4.78 is 0. The number of hydrogen-bond acceptors (Lipinski definition) is 2. The highest BCUT2D eigenvalue weighted by molar-refractivity contribution is 5.97. The van der Waals surface area contributed by atoms with Gasteiger partial charge in [-0.05, 0) is 24.8 Å². The molecule has 0 aromatic heterocycles. The molecule has 3 heteroatoms. The molecule has 1 aromatic carbocycles. The number of aryl methyl sites for hydroxylation is 1. The van der Waals surface area contributed by atoms with Crippen LogP contribution in [0.4, 0.5) is 5.69 Å². The molecule has 3 rings (SSSR count). The summed E-state index contributed by atoms with van der Waals surface area (Å²) in [5.41, 5.74) is 2.39. The van der Waals surface area contributed by atoms with Gasteiger partial charge in [0.05, 0.1) is 11.3 Å². The maximum atomic E-state index is 11.7. The molecule has 3 nitrogen and oxygen atoms in total. The molecule has 2 aliphatic rings. The first-order chi connectivity index (χ1) is 7.62. The minimum Gasteiger partial charge on any atom is -0.385 e. The fourth-order valence-corrected chi connectivity index (χ4v) is 2.49. The molecule has 1 aromatic rings. The van der Waals surface area contributed by atoms with E-state index in [1.165, 1.54) is 5.56 Å². The molecule has 1 saturated carbocycles. The minimum absolute atomic E-state index is 0.143. The third kappa shape index (κ3) is 1.28. The van der Waals surface area contributed by atoms with Crippen molar-refractivity contribution in [1.29, 1.82) is 0 Å². The first kappa shape index (κ1) is 9.85. The molecular weight excluding hydrogens is 202 g/mol. The highest BCUT2D eigenvalue weighted by Gasteiger charge is 2.45. The lowest BCUT2D eigenvalue weighted by Crippen LogP contribution is -2.33. The van der Waals surface area contributed by atoms with Crippen molar-refractivity contribution in [3.63, 3.8) is 0 Å². The van der Waals surface area contributed by atoms with Gasteiger partial charge in [-0.1, -0.05) is 18.2 Å². The average Bonchev–Trinajstić information content (AvgIpc) is 3.03. The van der Waals surface area contributed by atoms with Crippen molar-refractivity contribution in [2.75, 3.05) is 11.9 Å². The molecule has 0 bridgehead atoms. The molecule has 16 heavy (non-hydrogen) atoms. The van der Waals surface area contributed by atoms with Gasteiger partial charge >= 0.3 is 0 Å². The molecule has 0 unspecified atom stereocenters. The van der Waals surface area contributed by atoms with E-state index in [2.05, 4.69) is 0 Å². The molecule has 1 fully saturated rings. The van der Waals surface area contributed by atoms with Gasteiger partial charge in [0.15, 0.2) is 0 Å². The van der Waals surface area contributed by atoms with Gasteiger partial charge < -0.3 is 10.0 Å². The van der Waals surface area contributed by atoms with Crippen LogP contribution in [0, 0.1) is 0 Å². The zero-order chi connectivity index (χ0) is 11.3. The van der Waals surface area contributed by atoms with Gasteiger partial charge in [-0.15, -0.1) is 0 Å². The number of aliphatic hydroxyl groups is 1. The van der Waals surface area contributed by atoms with E-state index in [9.17, 15) is 9.90 Å². The van der Waals surface area contributed by atoms with Crippen LogP contribution in [0.15, 0.2) is 18.2 Å². The smallest absolute Gasteiger partial charge is 0.227 e. The van der Waals surface area contributed by atoms with E-state index in [1.807, 2.05) is 18.2 Å². The molecule has 1 heterocycles. The van der Waals surface area contributed by atoms with Crippen molar-refractivity contribution in [2.45, 2.75) is 31.3 Å². The van der Waals surface area contributed by atoms with Crippen molar-refractivity contribution in [3.05, 3.63) is 29.3 Å². The first-order valence-corrected chi connectivity index (χ1v) is 5.73. The molecule has 1 aliphatic carbocycles. The van der Waals surface area contributed by atoms with E-state index in [0.717, 1.165) is 30.5 Å². The number of amides is 1. The average molecular weight is 217 g/mol. The summed E-state index contributed by atoms with van der Waals surface area (Å²) in [6.07, 6.45) is 2.99. The molecular formula is C13H15NO2. The number of carbonyl (C=O) groups is 1. The van der Waals surface area contributed by atoms with Crippen LogP contribution in [0.1, 0.15) is 30.4 Å². The lowest BCUT2D eigenvalue weighted by molar-refractivity contribution is -0.118. The zero-order valence-electron chi connectivity index (χ0n) is 9.36. The lowest BCUT2D eigenvalue weighted by Gasteiger charge is -2.29. The van der Waals surface area contributed by atoms with Crippen LogP contribution in [0.2, 0.25) is 0 Å². The molecule has 0 saturated heterocycles. The number of hydrogen-bond donors (Lipinski definition) is 1. The van der Waals surface area contributed by atoms with E-state index in [0.29, 0.717) is 6.42 Å². The van der Waals surface area contributed by atoms with Gasteiger partial charge in [-0.2, -0.15) is 0 Å². The van der Waals surface area contributed by atoms with Crippen LogP contribution in [0.5, 0.6) is 0 Å². The number of rotatable bonds is 1. The Hall–Kier alpha value is -1.35. The van der Waals surface area contributed by atoms with Crippen molar-refractivity contribution in [3.8, 4) is 0 Å². The minimum atomic E-state index is -0.669. The van der Waals surface area contributed by atoms with E-state index >= 15 is 0 Å². The third-order valence-electron chi connectivity index (χ3n) is 3.66. The van der Waals surface area contributed by atoms with Gasteiger partial charge in [0.2, 0.25) is 5.91 Å².